The van der Waals surface area contributed by atoms with E-state index < -0.39 is 6.10 Å². The zero-order valence-corrected chi connectivity index (χ0v) is 15.2. The molecule has 1 fully saturated rings. The molecule has 134 valence electrons. The number of rotatable bonds is 6. The molecule has 1 saturated heterocycles. The van der Waals surface area contributed by atoms with Crippen molar-refractivity contribution < 1.29 is 14.6 Å². The van der Waals surface area contributed by atoms with Gasteiger partial charge in [0.25, 0.3) is 0 Å². The van der Waals surface area contributed by atoms with E-state index in [1.165, 1.54) is 0 Å². The van der Waals surface area contributed by atoms with E-state index in [0.717, 1.165) is 29.3 Å². The van der Waals surface area contributed by atoms with Crippen LogP contribution in [0.4, 0.5) is 0 Å². The lowest BCUT2D eigenvalue weighted by atomic mass is 10.1. The highest BCUT2D eigenvalue weighted by Crippen LogP contribution is 2.20. The van der Waals surface area contributed by atoms with Crippen LogP contribution in [0.3, 0.4) is 0 Å². The zero-order chi connectivity index (χ0) is 17.6. The highest BCUT2D eigenvalue weighted by molar-refractivity contribution is 7.10. The number of aliphatic hydroxyl groups is 1. The summed E-state index contributed by atoms with van der Waals surface area (Å²) in [5.41, 5.74) is 0.972. The van der Waals surface area contributed by atoms with Crippen molar-refractivity contribution in [1.82, 2.24) is 9.80 Å². The number of ether oxygens (including phenoxy) is 1. The monoisotopic (exact) mass is 360 g/mol. The van der Waals surface area contributed by atoms with Gasteiger partial charge in [0, 0.05) is 37.6 Å². The Balaban J connectivity index is 1.47. The molecule has 1 aliphatic rings. The van der Waals surface area contributed by atoms with E-state index in [1.54, 1.807) is 18.4 Å². The van der Waals surface area contributed by atoms with Gasteiger partial charge in [-0.1, -0.05) is 18.2 Å². The molecule has 1 aliphatic heterocycles. The van der Waals surface area contributed by atoms with E-state index in [-0.39, 0.29) is 5.91 Å². The Morgan fingerprint density at radius 1 is 1.24 bits per heavy atom. The van der Waals surface area contributed by atoms with Crippen molar-refractivity contribution in [1.29, 1.82) is 0 Å². The summed E-state index contributed by atoms with van der Waals surface area (Å²) in [6, 6.07) is 11.6. The highest BCUT2D eigenvalue weighted by Gasteiger charge is 2.23. The number of carbonyl (C=O) groups excluding carboxylic acids is 1. The lowest BCUT2D eigenvalue weighted by molar-refractivity contribution is -0.132. The van der Waals surface area contributed by atoms with Crippen LogP contribution >= 0.6 is 11.3 Å². The predicted molar refractivity (Wildman–Crippen MR) is 99.0 cm³/mol. The van der Waals surface area contributed by atoms with Crippen LogP contribution in [0.15, 0.2) is 41.8 Å². The molecule has 1 N–H and O–H groups in total. The summed E-state index contributed by atoms with van der Waals surface area (Å²) in [4.78, 5) is 17.6. The molecule has 5 nitrogen and oxygen atoms in total. The van der Waals surface area contributed by atoms with E-state index in [4.69, 9.17) is 4.74 Å². The van der Waals surface area contributed by atoms with Gasteiger partial charge in [0.05, 0.1) is 13.5 Å². The van der Waals surface area contributed by atoms with Crippen molar-refractivity contribution >= 4 is 17.2 Å². The molecule has 3 rings (SSSR count). The third-order valence-electron chi connectivity index (χ3n) is 4.52. The van der Waals surface area contributed by atoms with Crippen LogP contribution in [0, 0.1) is 0 Å². The number of amides is 1. The third-order valence-corrected chi connectivity index (χ3v) is 5.49. The molecule has 1 amide bonds. The van der Waals surface area contributed by atoms with Crippen molar-refractivity contribution in [2.45, 2.75) is 12.5 Å². The van der Waals surface area contributed by atoms with Gasteiger partial charge in [0.2, 0.25) is 5.91 Å². The van der Waals surface area contributed by atoms with Gasteiger partial charge in [-0.3, -0.25) is 9.69 Å². The maximum Gasteiger partial charge on any atom is 0.227 e. The Morgan fingerprint density at radius 2 is 2.04 bits per heavy atom. The van der Waals surface area contributed by atoms with Crippen LogP contribution in [0.5, 0.6) is 5.75 Å². The van der Waals surface area contributed by atoms with E-state index in [2.05, 4.69) is 4.90 Å². The molecule has 0 spiro atoms. The normalized spacial score (nSPS) is 16.6. The first-order valence-electron chi connectivity index (χ1n) is 8.50. The lowest BCUT2D eigenvalue weighted by Crippen LogP contribution is -2.49. The Kier molecular flexibility index (Phi) is 6.07. The second kappa shape index (κ2) is 8.47. The number of methoxy groups -OCH3 is 1. The Bertz CT molecular complexity index is 682. The molecular formula is C19H24N2O3S. The van der Waals surface area contributed by atoms with Crippen LogP contribution in [-0.2, 0) is 11.2 Å². The first-order valence-corrected chi connectivity index (χ1v) is 9.38. The number of β-amino-alcohol motifs (C(OH)–C–C–N with tert-alkyl or cyclic N) is 1. The number of carbonyl (C=O) groups is 1. The second-order valence-corrected chi connectivity index (χ2v) is 7.22. The number of nitrogens with zero attached hydrogens (tertiary/aromatic N) is 2. The van der Waals surface area contributed by atoms with Gasteiger partial charge in [0.15, 0.2) is 0 Å². The molecule has 2 heterocycles. The number of aliphatic hydroxyl groups excluding tert-OH is 1. The molecule has 2 aromatic rings. The van der Waals surface area contributed by atoms with Crippen molar-refractivity contribution in [3.8, 4) is 5.75 Å². The van der Waals surface area contributed by atoms with Gasteiger partial charge in [-0.25, -0.2) is 0 Å². The fourth-order valence-corrected chi connectivity index (χ4v) is 3.77. The predicted octanol–water partition coefficient (Wildman–Crippen LogP) is 2.18. The molecule has 1 atom stereocenters. The van der Waals surface area contributed by atoms with Crippen LogP contribution in [0.2, 0.25) is 0 Å². The van der Waals surface area contributed by atoms with Gasteiger partial charge in [0.1, 0.15) is 11.9 Å². The molecule has 0 radical (unpaired) electrons. The van der Waals surface area contributed by atoms with E-state index >= 15 is 0 Å². The second-order valence-electron chi connectivity index (χ2n) is 6.24. The summed E-state index contributed by atoms with van der Waals surface area (Å²) in [5.74, 6) is 0.921. The highest BCUT2D eigenvalue weighted by atomic mass is 32.1. The van der Waals surface area contributed by atoms with Crippen LogP contribution in [0.25, 0.3) is 0 Å². The number of hydrogen-bond donors (Lipinski definition) is 1. The maximum atomic E-state index is 12.5. The van der Waals surface area contributed by atoms with Gasteiger partial charge in [-0.05, 0) is 29.1 Å². The zero-order valence-electron chi connectivity index (χ0n) is 14.4. The SMILES string of the molecule is COc1cccc(CC(=O)N2CCN(CC(O)c3cccs3)CC2)c1. The Labute approximate surface area is 152 Å². The Hall–Kier alpha value is -1.89. The number of piperazine rings is 1. The summed E-state index contributed by atoms with van der Waals surface area (Å²) in [6.07, 6.45) is -0.0475. The quantitative estimate of drug-likeness (QED) is 0.858. The molecule has 6 heteroatoms. The van der Waals surface area contributed by atoms with Crippen molar-refractivity contribution in [3.63, 3.8) is 0 Å². The molecule has 1 unspecified atom stereocenters. The molecule has 0 saturated carbocycles. The van der Waals surface area contributed by atoms with Crippen molar-refractivity contribution in [3.05, 3.63) is 52.2 Å². The van der Waals surface area contributed by atoms with E-state index in [9.17, 15) is 9.90 Å². The topological polar surface area (TPSA) is 53.0 Å². The smallest absolute Gasteiger partial charge is 0.227 e. The minimum absolute atomic E-state index is 0.145. The fourth-order valence-electron chi connectivity index (χ4n) is 3.06. The van der Waals surface area contributed by atoms with E-state index in [1.807, 2.05) is 46.7 Å². The third kappa shape index (κ3) is 4.81. The van der Waals surface area contributed by atoms with Gasteiger partial charge < -0.3 is 14.7 Å². The van der Waals surface area contributed by atoms with Crippen LogP contribution in [-0.4, -0.2) is 60.6 Å². The minimum atomic E-state index is -0.445. The molecule has 25 heavy (non-hydrogen) atoms. The average molecular weight is 360 g/mol. The lowest BCUT2D eigenvalue weighted by Gasteiger charge is -2.35. The molecular weight excluding hydrogens is 336 g/mol. The maximum absolute atomic E-state index is 12.5. The van der Waals surface area contributed by atoms with Crippen LogP contribution < -0.4 is 4.74 Å². The van der Waals surface area contributed by atoms with Crippen molar-refractivity contribution in [2.75, 3.05) is 39.8 Å². The molecule has 0 bridgehead atoms. The largest absolute Gasteiger partial charge is 0.497 e. The standard InChI is InChI=1S/C19H24N2O3S/c1-24-16-5-2-4-15(12-16)13-19(23)21-9-7-20(8-10-21)14-17(22)18-6-3-11-25-18/h2-6,11-12,17,22H,7-10,13-14H2,1H3. The van der Waals surface area contributed by atoms with Gasteiger partial charge in [-0.15, -0.1) is 11.3 Å². The number of benzene rings is 1. The average Bonchev–Trinajstić information content (AvgIpc) is 3.17. The molecule has 1 aromatic carbocycles. The first kappa shape index (κ1) is 17.9. The molecule has 0 aliphatic carbocycles. The summed E-state index contributed by atoms with van der Waals surface area (Å²) >= 11 is 1.58. The number of thiophene rings is 1. The first-order chi connectivity index (χ1) is 12.2. The van der Waals surface area contributed by atoms with Crippen molar-refractivity contribution in [2.24, 2.45) is 0 Å². The van der Waals surface area contributed by atoms with Gasteiger partial charge in [-0.2, -0.15) is 0 Å². The summed E-state index contributed by atoms with van der Waals surface area (Å²) < 4.78 is 5.21. The fraction of sp³-hybridized carbons (Fsp3) is 0.421. The number of hydrogen-bond acceptors (Lipinski definition) is 5. The minimum Gasteiger partial charge on any atom is -0.497 e. The summed E-state index contributed by atoms with van der Waals surface area (Å²) in [5, 5.41) is 12.2. The van der Waals surface area contributed by atoms with Crippen LogP contribution in [0.1, 0.15) is 16.5 Å². The summed E-state index contributed by atoms with van der Waals surface area (Å²) in [6.45, 7) is 3.64. The molecule has 1 aromatic heterocycles. The Morgan fingerprint density at radius 3 is 2.72 bits per heavy atom. The van der Waals surface area contributed by atoms with E-state index in [0.29, 0.717) is 26.1 Å². The van der Waals surface area contributed by atoms with Gasteiger partial charge >= 0.3 is 0 Å². The summed E-state index contributed by atoms with van der Waals surface area (Å²) in [7, 11) is 1.63.